The first-order chi connectivity index (χ1) is 15.7. The quantitative estimate of drug-likeness (QED) is 0.483. The number of ether oxygens (including phenoxy) is 3. The van der Waals surface area contributed by atoms with Crippen molar-refractivity contribution < 1.29 is 18.6 Å². The number of para-hydroxylation sites is 1. The van der Waals surface area contributed by atoms with Crippen molar-refractivity contribution in [1.29, 1.82) is 0 Å². The fraction of sp³-hybridized carbons (Fsp3) is 0.280. The lowest BCUT2D eigenvalue weighted by Gasteiger charge is -2.29. The molecule has 1 N–H and O–H groups in total. The molecule has 0 aliphatic carbocycles. The van der Waals surface area contributed by atoms with Crippen LogP contribution in [0, 0.1) is 5.82 Å². The fourth-order valence-corrected chi connectivity index (χ4v) is 3.97. The molecule has 1 aliphatic rings. The van der Waals surface area contributed by atoms with Crippen LogP contribution in [0.2, 0.25) is 5.02 Å². The van der Waals surface area contributed by atoms with E-state index in [1.807, 2.05) is 36.4 Å². The van der Waals surface area contributed by atoms with Gasteiger partial charge in [0.1, 0.15) is 12.4 Å². The zero-order valence-electron chi connectivity index (χ0n) is 17.9. The van der Waals surface area contributed by atoms with Crippen LogP contribution in [0.3, 0.4) is 0 Å². The summed E-state index contributed by atoms with van der Waals surface area (Å²) in [5.41, 5.74) is 3.29. The van der Waals surface area contributed by atoms with Crippen molar-refractivity contribution in [2.75, 3.05) is 43.6 Å². The van der Waals surface area contributed by atoms with E-state index in [0.717, 1.165) is 30.0 Å². The van der Waals surface area contributed by atoms with Gasteiger partial charge in [-0.2, -0.15) is 0 Å². The summed E-state index contributed by atoms with van der Waals surface area (Å²) in [6.45, 7) is 3.69. The van der Waals surface area contributed by atoms with Gasteiger partial charge in [-0.25, -0.2) is 4.39 Å². The third-order valence-corrected chi connectivity index (χ3v) is 5.70. The molecule has 1 fully saturated rings. The highest BCUT2D eigenvalue weighted by Gasteiger charge is 2.15. The van der Waals surface area contributed by atoms with E-state index in [4.69, 9.17) is 25.8 Å². The Morgan fingerprint density at radius 3 is 2.56 bits per heavy atom. The lowest BCUT2D eigenvalue weighted by atomic mass is 10.1. The van der Waals surface area contributed by atoms with E-state index in [9.17, 15) is 4.39 Å². The van der Waals surface area contributed by atoms with E-state index in [0.29, 0.717) is 41.8 Å². The second kappa shape index (κ2) is 10.6. The van der Waals surface area contributed by atoms with Gasteiger partial charge in [-0.05, 0) is 30.3 Å². The minimum Gasteiger partial charge on any atom is -0.493 e. The van der Waals surface area contributed by atoms with Crippen molar-refractivity contribution in [3.05, 3.63) is 82.6 Å². The first kappa shape index (κ1) is 22.2. The number of halogens is 2. The van der Waals surface area contributed by atoms with E-state index >= 15 is 0 Å². The maximum atomic E-state index is 14.0. The third kappa shape index (κ3) is 5.26. The van der Waals surface area contributed by atoms with Gasteiger partial charge in [0.05, 0.1) is 31.0 Å². The van der Waals surface area contributed by atoms with Crippen LogP contribution in [0.5, 0.6) is 11.5 Å². The van der Waals surface area contributed by atoms with Crippen LogP contribution in [0.25, 0.3) is 0 Å². The molecule has 0 bridgehead atoms. The van der Waals surface area contributed by atoms with E-state index in [1.54, 1.807) is 25.3 Å². The predicted molar refractivity (Wildman–Crippen MR) is 126 cm³/mol. The normalized spacial score (nSPS) is 13.7. The van der Waals surface area contributed by atoms with Crippen LogP contribution in [0.1, 0.15) is 11.1 Å². The molecule has 0 unspecified atom stereocenters. The molecule has 1 saturated heterocycles. The van der Waals surface area contributed by atoms with Gasteiger partial charge in [0.15, 0.2) is 11.5 Å². The fourth-order valence-electron chi connectivity index (χ4n) is 3.67. The molecule has 5 nitrogen and oxygen atoms in total. The van der Waals surface area contributed by atoms with Crippen molar-refractivity contribution in [1.82, 2.24) is 0 Å². The molecule has 0 spiro atoms. The first-order valence-corrected chi connectivity index (χ1v) is 10.9. The van der Waals surface area contributed by atoms with Gasteiger partial charge in [-0.3, -0.25) is 0 Å². The Morgan fingerprint density at radius 2 is 1.81 bits per heavy atom. The van der Waals surface area contributed by atoms with Crippen LogP contribution >= 0.6 is 11.6 Å². The highest BCUT2D eigenvalue weighted by Crippen LogP contribution is 2.34. The summed E-state index contributed by atoms with van der Waals surface area (Å²) >= 11 is 6.55. The van der Waals surface area contributed by atoms with E-state index < -0.39 is 0 Å². The molecule has 0 atom stereocenters. The topological polar surface area (TPSA) is 43.0 Å². The minimum atomic E-state index is -0.294. The monoisotopic (exact) mass is 456 g/mol. The van der Waals surface area contributed by atoms with Crippen LogP contribution in [-0.2, 0) is 17.9 Å². The third-order valence-electron chi connectivity index (χ3n) is 5.39. The smallest absolute Gasteiger partial charge is 0.166 e. The molecule has 1 heterocycles. The SMILES string of the molecule is COc1cccc(CNc2ccc(N3CCOCC3)c(Cl)c2)c1OCc1ccccc1F. The van der Waals surface area contributed by atoms with Crippen LogP contribution in [0.4, 0.5) is 15.8 Å². The number of rotatable bonds is 8. The average Bonchev–Trinajstić information content (AvgIpc) is 2.83. The number of anilines is 2. The summed E-state index contributed by atoms with van der Waals surface area (Å²) in [4.78, 5) is 2.23. The van der Waals surface area contributed by atoms with Crippen molar-refractivity contribution in [3.8, 4) is 11.5 Å². The number of hydrogen-bond acceptors (Lipinski definition) is 5. The second-order valence-electron chi connectivity index (χ2n) is 7.45. The summed E-state index contributed by atoms with van der Waals surface area (Å²) in [6, 6.07) is 18.2. The van der Waals surface area contributed by atoms with Gasteiger partial charge in [-0.1, -0.05) is 41.9 Å². The van der Waals surface area contributed by atoms with E-state index in [-0.39, 0.29) is 12.4 Å². The van der Waals surface area contributed by atoms with Crippen molar-refractivity contribution in [3.63, 3.8) is 0 Å². The Labute approximate surface area is 192 Å². The van der Waals surface area contributed by atoms with Gasteiger partial charge in [0.25, 0.3) is 0 Å². The number of morpholine rings is 1. The molecule has 0 amide bonds. The summed E-state index contributed by atoms with van der Waals surface area (Å²) < 4.78 is 30.9. The molecule has 32 heavy (non-hydrogen) atoms. The zero-order valence-corrected chi connectivity index (χ0v) is 18.7. The molecule has 7 heteroatoms. The minimum absolute atomic E-state index is 0.111. The van der Waals surface area contributed by atoms with Crippen LogP contribution < -0.4 is 19.7 Å². The zero-order chi connectivity index (χ0) is 22.3. The molecular weight excluding hydrogens is 431 g/mol. The van der Waals surface area contributed by atoms with Gasteiger partial charge in [0, 0.05) is 36.4 Å². The second-order valence-corrected chi connectivity index (χ2v) is 7.85. The summed E-state index contributed by atoms with van der Waals surface area (Å²) in [5.74, 6) is 0.889. The van der Waals surface area contributed by atoms with Gasteiger partial charge in [0.2, 0.25) is 0 Å². The van der Waals surface area contributed by atoms with Crippen molar-refractivity contribution in [2.24, 2.45) is 0 Å². The maximum Gasteiger partial charge on any atom is 0.166 e. The maximum absolute atomic E-state index is 14.0. The lowest BCUT2D eigenvalue weighted by Crippen LogP contribution is -2.36. The highest BCUT2D eigenvalue weighted by atomic mass is 35.5. The molecule has 168 valence electrons. The van der Waals surface area contributed by atoms with Gasteiger partial charge < -0.3 is 24.4 Å². The Morgan fingerprint density at radius 1 is 1.03 bits per heavy atom. The number of nitrogens with one attached hydrogen (secondary N) is 1. The van der Waals surface area contributed by atoms with Crippen molar-refractivity contribution in [2.45, 2.75) is 13.2 Å². The highest BCUT2D eigenvalue weighted by molar-refractivity contribution is 6.33. The number of methoxy groups -OCH3 is 1. The number of hydrogen-bond donors (Lipinski definition) is 1. The molecule has 1 aliphatic heterocycles. The molecule has 0 saturated carbocycles. The predicted octanol–water partition coefficient (Wildman–Crippen LogP) is 5.52. The van der Waals surface area contributed by atoms with Gasteiger partial charge in [-0.15, -0.1) is 0 Å². The van der Waals surface area contributed by atoms with Crippen molar-refractivity contribution >= 4 is 23.0 Å². The Bertz CT molecular complexity index is 1060. The molecular formula is C25H26ClFN2O3. The molecule has 3 aromatic rings. The summed E-state index contributed by atoms with van der Waals surface area (Å²) in [6.07, 6.45) is 0. The Kier molecular flexibility index (Phi) is 7.35. The standard InChI is InChI=1S/C25H26ClFN2O3/c1-30-24-8-4-6-18(25(24)32-17-19-5-2-3-7-22(19)27)16-28-20-9-10-23(21(26)15-20)29-11-13-31-14-12-29/h2-10,15,28H,11-14,16-17H2,1H3. The van der Waals surface area contributed by atoms with Crippen LogP contribution in [-0.4, -0.2) is 33.4 Å². The Balaban J connectivity index is 1.47. The summed E-state index contributed by atoms with van der Waals surface area (Å²) in [7, 11) is 1.59. The number of nitrogens with zero attached hydrogens (tertiary/aromatic N) is 1. The van der Waals surface area contributed by atoms with Crippen LogP contribution in [0.15, 0.2) is 60.7 Å². The number of benzene rings is 3. The Hall–Kier alpha value is -2.96. The molecule has 0 radical (unpaired) electrons. The lowest BCUT2D eigenvalue weighted by molar-refractivity contribution is 0.122. The first-order valence-electron chi connectivity index (χ1n) is 10.5. The largest absolute Gasteiger partial charge is 0.493 e. The molecule has 4 rings (SSSR count). The molecule has 0 aromatic heterocycles. The van der Waals surface area contributed by atoms with E-state index in [2.05, 4.69) is 10.2 Å². The molecule has 3 aromatic carbocycles. The average molecular weight is 457 g/mol. The van der Waals surface area contributed by atoms with E-state index in [1.165, 1.54) is 6.07 Å². The van der Waals surface area contributed by atoms with Gasteiger partial charge >= 0.3 is 0 Å². The summed E-state index contributed by atoms with van der Waals surface area (Å²) in [5, 5.41) is 4.09.